The smallest absolute Gasteiger partial charge is 0.186 e. The van der Waals surface area contributed by atoms with Gasteiger partial charge in [-0.2, -0.15) is 0 Å². The molecule has 0 aliphatic rings. The highest BCUT2D eigenvalue weighted by molar-refractivity contribution is 5.49. The number of nitrogens with zero attached hydrogens (tertiary/aromatic N) is 1. The molecule has 0 fully saturated rings. The lowest BCUT2D eigenvalue weighted by atomic mass is 9.78. The highest BCUT2D eigenvalue weighted by Gasteiger charge is 2.28. The number of rotatable bonds is 5. The molecule has 0 heterocycles. The Bertz CT molecular complexity index is 685. The van der Waals surface area contributed by atoms with Gasteiger partial charge in [0, 0.05) is 24.2 Å². The first-order valence-corrected chi connectivity index (χ1v) is 9.63. The van der Waals surface area contributed by atoms with Crippen molar-refractivity contribution in [2.75, 3.05) is 6.54 Å². The maximum absolute atomic E-state index is 13.0. The predicted molar refractivity (Wildman–Crippen MR) is 110 cm³/mol. The van der Waals surface area contributed by atoms with E-state index in [4.69, 9.17) is 0 Å². The van der Waals surface area contributed by atoms with E-state index in [-0.39, 0.29) is 16.6 Å². The number of hydrogen-bond acceptors (Lipinski definition) is 1. The third-order valence-corrected chi connectivity index (χ3v) is 4.87. The van der Waals surface area contributed by atoms with Gasteiger partial charge in [-0.25, -0.2) is 0 Å². The summed E-state index contributed by atoms with van der Waals surface area (Å²) in [5, 5.41) is 13.0. The van der Waals surface area contributed by atoms with E-state index in [0.717, 1.165) is 30.8 Å². The van der Waals surface area contributed by atoms with Crippen LogP contribution < -0.4 is 0 Å². The molecular formula is C24H34NO. The summed E-state index contributed by atoms with van der Waals surface area (Å²) < 4.78 is 0. The van der Waals surface area contributed by atoms with Crippen molar-refractivity contribution in [2.45, 2.75) is 72.4 Å². The van der Waals surface area contributed by atoms with E-state index in [0.29, 0.717) is 0 Å². The fourth-order valence-corrected chi connectivity index (χ4v) is 3.27. The fraction of sp³-hybridized carbons (Fsp3) is 0.500. The maximum Gasteiger partial charge on any atom is 0.186 e. The molecule has 2 aromatic carbocycles. The van der Waals surface area contributed by atoms with E-state index in [1.165, 1.54) is 11.1 Å². The second-order valence-electron chi connectivity index (χ2n) is 9.31. The lowest BCUT2D eigenvalue weighted by Gasteiger charge is -2.28. The summed E-state index contributed by atoms with van der Waals surface area (Å²) in [6.07, 6.45) is 0. The van der Waals surface area contributed by atoms with Gasteiger partial charge in [0.25, 0.3) is 0 Å². The number of hydrogen-bond donors (Lipinski definition) is 0. The quantitative estimate of drug-likeness (QED) is 0.606. The minimum absolute atomic E-state index is 0.149. The molecule has 0 aliphatic carbocycles. The fourth-order valence-electron chi connectivity index (χ4n) is 3.27. The third-order valence-electron chi connectivity index (χ3n) is 4.87. The summed E-state index contributed by atoms with van der Waals surface area (Å²) >= 11 is 0. The lowest BCUT2D eigenvalue weighted by molar-refractivity contribution is 0.270. The monoisotopic (exact) mass is 352 g/mol. The van der Waals surface area contributed by atoms with Crippen molar-refractivity contribution in [3.05, 3.63) is 64.7 Å². The van der Waals surface area contributed by atoms with Crippen LogP contribution in [0.3, 0.4) is 0 Å². The Morgan fingerprint density at radius 2 is 1.23 bits per heavy atom. The Morgan fingerprint density at radius 1 is 0.769 bits per heavy atom. The summed E-state index contributed by atoms with van der Waals surface area (Å²) in [4.78, 5) is 2.42. The topological polar surface area (TPSA) is 23.1 Å². The van der Waals surface area contributed by atoms with Crippen LogP contribution in [-0.4, -0.2) is 11.4 Å². The number of benzene rings is 2. The molecule has 0 atom stereocenters. The lowest BCUT2D eigenvalue weighted by Crippen LogP contribution is -2.24. The molecule has 0 saturated heterocycles. The summed E-state index contributed by atoms with van der Waals surface area (Å²) in [5.74, 6) is 0.208. The van der Waals surface area contributed by atoms with Crippen LogP contribution in [0.1, 0.15) is 70.7 Å². The van der Waals surface area contributed by atoms with Crippen molar-refractivity contribution in [2.24, 2.45) is 0 Å². The Labute approximate surface area is 159 Å². The summed E-state index contributed by atoms with van der Waals surface area (Å²) in [6, 6.07) is 14.8. The average molecular weight is 353 g/mol. The van der Waals surface area contributed by atoms with Gasteiger partial charge >= 0.3 is 0 Å². The molecule has 1 radical (unpaired) electrons. The second-order valence-corrected chi connectivity index (χ2v) is 9.31. The van der Waals surface area contributed by atoms with Crippen molar-refractivity contribution in [3.63, 3.8) is 0 Å². The van der Waals surface area contributed by atoms with Crippen molar-refractivity contribution in [3.8, 4) is 5.75 Å². The van der Waals surface area contributed by atoms with Crippen LogP contribution in [0.25, 0.3) is 0 Å². The van der Waals surface area contributed by atoms with Crippen LogP contribution in [-0.2, 0) is 29.0 Å². The molecule has 141 valence electrons. The molecule has 0 spiro atoms. The predicted octanol–water partition coefficient (Wildman–Crippen LogP) is 6.45. The molecule has 2 aromatic rings. The molecule has 0 amide bonds. The van der Waals surface area contributed by atoms with Gasteiger partial charge in [-0.15, -0.1) is 0 Å². The van der Waals surface area contributed by atoms with Crippen LogP contribution in [0.2, 0.25) is 0 Å². The Hall–Kier alpha value is -1.80. The highest BCUT2D eigenvalue weighted by Crippen LogP contribution is 2.40. The molecule has 26 heavy (non-hydrogen) atoms. The van der Waals surface area contributed by atoms with Gasteiger partial charge < -0.3 is 0 Å². The van der Waals surface area contributed by atoms with E-state index >= 15 is 0 Å². The van der Waals surface area contributed by atoms with Gasteiger partial charge in [0.1, 0.15) is 0 Å². The molecule has 2 rings (SSSR count). The Balaban J connectivity index is 2.38. The summed E-state index contributed by atoms with van der Waals surface area (Å²) in [7, 11) is 0. The first-order valence-electron chi connectivity index (χ1n) is 9.63. The Morgan fingerprint density at radius 3 is 1.65 bits per heavy atom. The summed E-state index contributed by atoms with van der Waals surface area (Å²) in [5.41, 5.74) is 4.11. The standard InChI is InChI=1S/C24H34NO/c1-8-25(16-18-12-10-9-11-13-18)17-19-14-20(23(2,3)4)22(26)21(15-19)24(5,6)7/h9-15H,8,16-17H2,1-7H3. The molecule has 0 bridgehead atoms. The van der Waals surface area contributed by atoms with E-state index in [2.05, 4.69) is 95.8 Å². The molecule has 0 unspecified atom stereocenters. The van der Waals surface area contributed by atoms with Crippen LogP contribution in [0, 0.1) is 0 Å². The zero-order chi connectivity index (χ0) is 19.5. The van der Waals surface area contributed by atoms with Crippen molar-refractivity contribution in [1.29, 1.82) is 0 Å². The van der Waals surface area contributed by atoms with Gasteiger partial charge in [-0.05, 0) is 28.5 Å². The highest BCUT2D eigenvalue weighted by atomic mass is 16.3. The van der Waals surface area contributed by atoms with Crippen LogP contribution in [0.4, 0.5) is 0 Å². The van der Waals surface area contributed by atoms with E-state index in [9.17, 15) is 5.11 Å². The SMILES string of the molecule is CCN(Cc1ccccc1)Cc1cc(C(C)(C)C)c([O])c(C(C)(C)C)c1. The van der Waals surface area contributed by atoms with E-state index in [1.54, 1.807) is 0 Å². The zero-order valence-electron chi connectivity index (χ0n) is 17.5. The van der Waals surface area contributed by atoms with Crippen molar-refractivity contribution < 1.29 is 5.11 Å². The van der Waals surface area contributed by atoms with Gasteiger partial charge in [0.2, 0.25) is 0 Å². The molecule has 0 saturated carbocycles. The van der Waals surface area contributed by atoms with Crippen LogP contribution >= 0.6 is 0 Å². The van der Waals surface area contributed by atoms with Gasteiger partial charge in [-0.3, -0.25) is 10.0 Å². The largest absolute Gasteiger partial charge is 0.295 e. The molecule has 0 aliphatic heterocycles. The van der Waals surface area contributed by atoms with Gasteiger partial charge in [0.05, 0.1) is 0 Å². The maximum atomic E-state index is 13.0. The van der Waals surface area contributed by atoms with Gasteiger partial charge in [-0.1, -0.05) is 90.9 Å². The van der Waals surface area contributed by atoms with E-state index < -0.39 is 0 Å². The van der Waals surface area contributed by atoms with Crippen molar-refractivity contribution in [1.82, 2.24) is 4.90 Å². The summed E-state index contributed by atoms with van der Waals surface area (Å²) in [6.45, 7) is 17.7. The average Bonchev–Trinajstić information content (AvgIpc) is 2.54. The molecular weight excluding hydrogens is 318 g/mol. The Kier molecular flexibility index (Phi) is 6.18. The van der Waals surface area contributed by atoms with Gasteiger partial charge in [0.15, 0.2) is 5.75 Å². The first kappa shape index (κ1) is 20.5. The normalized spacial score (nSPS) is 12.6. The van der Waals surface area contributed by atoms with E-state index in [1.807, 2.05) is 0 Å². The molecule has 0 N–H and O–H groups in total. The molecule has 0 aromatic heterocycles. The first-order chi connectivity index (χ1) is 12.0. The minimum atomic E-state index is -0.149. The molecule has 2 heteroatoms. The van der Waals surface area contributed by atoms with Crippen molar-refractivity contribution >= 4 is 0 Å². The minimum Gasteiger partial charge on any atom is -0.295 e. The second kappa shape index (κ2) is 7.84. The third kappa shape index (κ3) is 5.11. The molecule has 2 nitrogen and oxygen atoms in total. The zero-order valence-corrected chi connectivity index (χ0v) is 17.5. The van der Waals surface area contributed by atoms with Crippen LogP contribution in [0.5, 0.6) is 5.75 Å². The van der Waals surface area contributed by atoms with Crippen LogP contribution in [0.15, 0.2) is 42.5 Å².